The van der Waals surface area contributed by atoms with Crippen LogP contribution in [0.2, 0.25) is 0 Å². The van der Waals surface area contributed by atoms with Gasteiger partial charge in [0.05, 0.1) is 4.47 Å². The van der Waals surface area contributed by atoms with E-state index in [4.69, 9.17) is 4.74 Å². The third-order valence-corrected chi connectivity index (χ3v) is 3.88. The third-order valence-electron chi connectivity index (χ3n) is 3.26. The van der Waals surface area contributed by atoms with Crippen LogP contribution in [0.25, 0.3) is 0 Å². The van der Waals surface area contributed by atoms with Crippen LogP contribution < -0.4 is 9.64 Å². The lowest BCUT2D eigenvalue weighted by Gasteiger charge is -2.27. The lowest BCUT2D eigenvalue weighted by Crippen LogP contribution is -2.40. The summed E-state index contributed by atoms with van der Waals surface area (Å²) in [5.41, 5.74) is 2.02. The van der Waals surface area contributed by atoms with Gasteiger partial charge < -0.3 is 9.64 Å². The van der Waals surface area contributed by atoms with Crippen LogP contribution in [0.5, 0.6) is 5.75 Å². The summed E-state index contributed by atoms with van der Waals surface area (Å²) in [5, 5.41) is 0. The second-order valence-corrected chi connectivity index (χ2v) is 6.27. The predicted molar refractivity (Wildman–Crippen MR) is 93.4 cm³/mol. The summed E-state index contributed by atoms with van der Waals surface area (Å²) >= 11 is 3.46. The normalized spacial score (nSPS) is 10.6. The van der Waals surface area contributed by atoms with Crippen LogP contribution in [-0.4, -0.2) is 18.6 Å². The average Bonchev–Trinajstić information content (AvgIpc) is 2.47. The molecule has 0 aliphatic carbocycles. The second-order valence-electron chi connectivity index (χ2n) is 5.42. The van der Waals surface area contributed by atoms with E-state index in [1.54, 1.807) is 4.90 Å². The van der Waals surface area contributed by atoms with Crippen LogP contribution >= 0.6 is 15.9 Å². The summed E-state index contributed by atoms with van der Waals surface area (Å²) in [5.74, 6) is 0.615. The van der Waals surface area contributed by atoms with Crippen molar-refractivity contribution in [1.82, 2.24) is 0 Å². The average molecular weight is 362 g/mol. The fourth-order valence-electron chi connectivity index (χ4n) is 2.25. The molecule has 0 aromatic heterocycles. The van der Waals surface area contributed by atoms with E-state index in [0.29, 0.717) is 5.75 Å². The molecule has 2 rings (SSSR count). The maximum absolute atomic E-state index is 12.5. The number of amides is 1. The summed E-state index contributed by atoms with van der Waals surface area (Å²) in [6.07, 6.45) is 0. The smallest absolute Gasteiger partial charge is 0.265 e. The van der Waals surface area contributed by atoms with Crippen molar-refractivity contribution in [2.24, 2.45) is 0 Å². The Morgan fingerprint density at radius 1 is 1.18 bits per heavy atom. The van der Waals surface area contributed by atoms with Gasteiger partial charge in [-0.15, -0.1) is 0 Å². The SMILES string of the molecule is Cc1ccc(OCC(=O)N(c2ccccc2)C(C)C)c(Br)c1. The molecule has 0 bridgehead atoms. The van der Waals surface area contributed by atoms with Gasteiger partial charge in [-0.1, -0.05) is 24.3 Å². The van der Waals surface area contributed by atoms with Gasteiger partial charge in [0.1, 0.15) is 5.75 Å². The Kier molecular flexibility index (Phi) is 5.61. The van der Waals surface area contributed by atoms with Gasteiger partial charge in [-0.3, -0.25) is 4.79 Å². The summed E-state index contributed by atoms with van der Waals surface area (Å²) in [7, 11) is 0. The Morgan fingerprint density at radius 2 is 1.86 bits per heavy atom. The molecule has 0 N–H and O–H groups in total. The molecule has 1 amide bonds. The summed E-state index contributed by atoms with van der Waals surface area (Å²) in [6, 6.07) is 15.5. The Morgan fingerprint density at radius 3 is 2.45 bits per heavy atom. The molecule has 2 aromatic rings. The molecule has 0 heterocycles. The van der Waals surface area contributed by atoms with Gasteiger partial charge in [0.2, 0.25) is 0 Å². The van der Waals surface area contributed by atoms with E-state index in [-0.39, 0.29) is 18.6 Å². The molecule has 0 saturated carbocycles. The lowest BCUT2D eigenvalue weighted by molar-refractivity contribution is -0.120. The van der Waals surface area contributed by atoms with Crippen LogP contribution in [-0.2, 0) is 4.79 Å². The molecule has 0 aliphatic heterocycles. The predicted octanol–water partition coefficient (Wildman–Crippen LogP) is 4.58. The molecule has 2 aromatic carbocycles. The lowest BCUT2D eigenvalue weighted by atomic mass is 10.2. The summed E-state index contributed by atoms with van der Waals surface area (Å²) in [4.78, 5) is 14.3. The maximum atomic E-state index is 12.5. The van der Waals surface area contributed by atoms with E-state index in [1.165, 1.54) is 0 Å². The number of nitrogens with zero attached hydrogens (tertiary/aromatic N) is 1. The summed E-state index contributed by atoms with van der Waals surface area (Å²) in [6.45, 7) is 6.00. The molecule has 0 radical (unpaired) electrons. The topological polar surface area (TPSA) is 29.5 Å². The standard InChI is InChI=1S/C18H20BrNO2/c1-13(2)20(15-7-5-4-6-8-15)18(21)12-22-17-10-9-14(3)11-16(17)19/h4-11,13H,12H2,1-3H3. The highest BCUT2D eigenvalue weighted by Gasteiger charge is 2.19. The number of aryl methyl sites for hydroxylation is 1. The minimum absolute atomic E-state index is 0.00867. The van der Waals surface area contributed by atoms with Crippen LogP contribution in [0.3, 0.4) is 0 Å². The number of halogens is 1. The van der Waals surface area contributed by atoms with Gasteiger partial charge in [0, 0.05) is 11.7 Å². The molecule has 3 nitrogen and oxygen atoms in total. The quantitative estimate of drug-likeness (QED) is 0.779. The van der Waals surface area contributed by atoms with Crippen LogP contribution in [0, 0.1) is 6.92 Å². The number of benzene rings is 2. The van der Waals surface area contributed by atoms with Crippen molar-refractivity contribution in [1.29, 1.82) is 0 Å². The molecule has 0 saturated heterocycles. The van der Waals surface area contributed by atoms with Crippen molar-refractivity contribution in [3.63, 3.8) is 0 Å². The van der Waals surface area contributed by atoms with Crippen molar-refractivity contribution < 1.29 is 9.53 Å². The van der Waals surface area contributed by atoms with E-state index in [1.807, 2.05) is 69.3 Å². The van der Waals surface area contributed by atoms with Crippen molar-refractivity contribution in [2.75, 3.05) is 11.5 Å². The molecule has 4 heteroatoms. The molecule has 0 unspecified atom stereocenters. The van der Waals surface area contributed by atoms with E-state index in [9.17, 15) is 4.79 Å². The molecule has 0 fully saturated rings. The van der Waals surface area contributed by atoms with Crippen LogP contribution in [0.15, 0.2) is 53.0 Å². The molecule has 116 valence electrons. The van der Waals surface area contributed by atoms with Gasteiger partial charge in [-0.05, 0) is 66.5 Å². The van der Waals surface area contributed by atoms with Crippen LogP contribution in [0.1, 0.15) is 19.4 Å². The van der Waals surface area contributed by atoms with Crippen molar-refractivity contribution >= 4 is 27.5 Å². The fourth-order valence-corrected chi connectivity index (χ4v) is 2.86. The zero-order valence-corrected chi connectivity index (χ0v) is 14.6. The molecule has 0 spiro atoms. The number of carbonyl (C=O) groups excluding carboxylic acids is 1. The van der Waals surface area contributed by atoms with Gasteiger partial charge in [0.25, 0.3) is 5.91 Å². The minimum atomic E-state index is -0.0614. The number of rotatable bonds is 5. The summed E-state index contributed by atoms with van der Waals surface area (Å²) < 4.78 is 6.53. The van der Waals surface area contributed by atoms with E-state index in [2.05, 4.69) is 15.9 Å². The maximum Gasteiger partial charge on any atom is 0.265 e. The molecular formula is C18H20BrNO2. The Balaban J connectivity index is 2.09. The van der Waals surface area contributed by atoms with Gasteiger partial charge >= 0.3 is 0 Å². The van der Waals surface area contributed by atoms with Gasteiger partial charge in [0.15, 0.2) is 6.61 Å². The first kappa shape index (κ1) is 16.6. The minimum Gasteiger partial charge on any atom is -0.483 e. The molecular weight excluding hydrogens is 342 g/mol. The van der Waals surface area contributed by atoms with Gasteiger partial charge in [-0.25, -0.2) is 0 Å². The fraction of sp³-hybridized carbons (Fsp3) is 0.278. The van der Waals surface area contributed by atoms with E-state index in [0.717, 1.165) is 15.7 Å². The third kappa shape index (κ3) is 4.10. The zero-order chi connectivity index (χ0) is 16.1. The number of para-hydroxylation sites is 1. The first-order valence-corrected chi connectivity index (χ1v) is 8.04. The number of carbonyl (C=O) groups is 1. The molecule has 0 aliphatic rings. The van der Waals surface area contributed by atoms with Gasteiger partial charge in [-0.2, -0.15) is 0 Å². The highest BCUT2D eigenvalue weighted by Crippen LogP contribution is 2.26. The number of hydrogen-bond acceptors (Lipinski definition) is 2. The zero-order valence-electron chi connectivity index (χ0n) is 13.0. The first-order chi connectivity index (χ1) is 10.5. The number of hydrogen-bond donors (Lipinski definition) is 0. The monoisotopic (exact) mass is 361 g/mol. The Bertz CT molecular complexity index is 641. The first-order valence-electron chi connectivity index (χ1n) is 7.25. The second kappa shape index (κ2) is 7.45. The molecule has 22 heavy (non-hydrogen) atoms. The Labute approximate surface area is 140 Å². The van der Waals surface area contributed by atoms with Crippen molar-refractivity contribution in [3.05, 3.63) is 58.6 Å². The van der Waals surface area contributed by atoms with Crippen LogP contribution in [0.4, 0.5) is 5.69 Å². The highest BCUT2D eigenvalue weighted by atomic mass is 79.9. The number of ether oxygens (including phenoxy) is 1. The largest absolute Gasteiger partial charge is 0.483 e. The van der Waals surface area contributed by atoms with Crippen molar-refractivity contribution in [2.45, 2.75) is 26.8 Å². The Hall–Kier alpha value is -1.81. The highest BCUT2D eigenvalue weighted by molar-refractivity contribution is 9.10. The van der Waals surface area contributed by atoms with E-state index < -0.39 is 0 Å². The molecule has 0 atom stereocenters. The van der Waals surface area contributed by atoms with E-state index >= 15 is 0 Å². The number of anilines is 1. The van der Waals surface area contributed by atoms with Crippen molar-refractivity contribution in [3.8, 4) is 5.75 Å².